The minimum absolute atomic E-state index is 0.301. The first kappa shape index (κ1) is 11.6. The van der Waals surface area contributed by atoms with Gasteiger partial charge in [0.2, 0.25) is 0 Å². The van der Waals surface area contributed by atoms with Crippen LogP contribution in [0.5, 0.6) is 0 Å². The Kier molecular flexibility index (Phi) is 3.29. The standard InChI is InChI=1S/C10H9IN2O2S/c1-6-12-8(5-16-6)4-13-3-7(11)2-9(13)10(14)15/h2-3,5H,4H2,1H3,(H,14,15). The van der Waals surface area contributed by atoms with Gasteiger partial charge in [0, 0.05) is 15.1 Å². The van der Waals surface area contributed by atoms with Gasteiger partial charge < -0.3 is 9.67 Å². The molecule has 4 nitrogen and oxygen atoms in total. The number of carboxylic acids is 1. The summed E-state index contributed by atoms with van der Waals surface area (Å²) in [7, 11) is 0. The zero-order chi connectivity index (χ0) is 11.7. The first-order valence-electron chi connectivity index (χ1n) is 4.56. The fourth-order valence-electron chi connectivity index (χ4n) is 1.44. The quantitative estimate of drug-likeness (QED) is 0.868. The van der Waals surface area contributed by atoms with Gasteiger partial charge in [0.25, 0.3) is 0 Å². The van der Waals surface area contributed by atoms with Crippen LogP contribution in [0.1, 0.15) is 21.2 Å². The molecule has 0 saturated carbocycles. The van der Waals surface area contributed by atoms with E-state index in [2.05, 4.69) is 27.6 Å². The van der Waals surface area contributed by atoms with E-state index in [9.17, 15) is 4.79 Å². The monoisotopic (exact) mass is 348 g/mol. The lowest BCUT2D eigenvalue weighted by Crippen LogP contribution is -2.08. The van der Waals surface area contributed by atoms with E-state index >= 15 is 0 Å². The van der Waals surface area contributed by atoms with Gasteiger partial charge in [0.1, 0.15) is 5.69 Å². The first-order valence-corrected chi connectivity index (χ1v) is 6.52. The molecule has 0 amide bonds. The van der Waals surface area contributed by atoms with Crippen LogP contribution in [0.2, 0.25) is 0 Å². The van der Waals surface area contributed by atoms with Crippen LogP contribution in [0.25, 0.3) is 0 Å². The van der Waals surface area contributed by atoms with Crippen molar-refractivity contribution in [1.82, 2.24) is 9.55 Å². The number of halogens is 1. The fraction of sp³-hybridized carbons (Fsp3) is 0.200. The molecule has 0 fully saturated rings. The van der Waals surface area contributed by atoms with E-state index in [0.717, 1.165) is 14.3 Å². The number of hydrogen-bond acceptors (Lipinski definition) is 3. The lowest BCUT2D eigenvalue weighted by atomic mass is 10.4. The van der Waals surface area contributed by atoms with Gasteiger partial charge >= 0.3 is 5.97 Å². The highest BCUT2D eigenvalue weighted by atomic mass is 127. The van der Waals surface area contributed by atoms with Crippen LogP contribution in [0.4, 0.5) is 0 Å². The van der Waals surface area contributed by atoms with Crippen molar-refractivity contribution >= 4 is 39.9 Å². The zero-order valence-corrected chi connectivity index (χ0v) is 11.4. The molecule has 2 aromatic rings. The van der Waals surface area contributed by atoms with Crippen molar-refractivity contribution in [3.8, 4) is 0 Å². The lowest BCUT2D eigenvalue weighted by Gasteiger charge is -2.02. The van der Waals surface area contributed by atoms with E-state index in [-0.39, 0.29) is 0 Å². The van der Waals surface area contributed by atoms with E-state index in [1.807, 2.05) is 18.5 Å². The molecule has 16 heavy (non-hydrogen) atoms. The summed E-state index contributed by atoms with van der Waals surface area (Å²) in [4.78, 5) is 15.3. The lowest BCUT2D eigenvalue weighted by molar-refractivity contribution is 0.0685. The summed E-state index contributed by atoms with van der Waals surface area (Å²) in [6.07, 6.45) is 1.82. The Labute approximate surface area is 110 Å². The summed E-state index contributed by atoms with van der Waals surface area (Å²) in [5, 5.41) is 12.0. The molecule has 2 rings (SSSR count). The molecular formula is C10H9IN2O2S. The highest BCUT2D eigenvalue weighted by molar-refractivity contribution is 14.1. The zero-order valence-electron chi connectivity index (χ0n) is 8.48. The molecule has 0 aliphatic rings. The molecule has 0 bridgehead atoms. The Morgan fingerprint density at radius 1 is 1.69 bits per heavy atom. The van der Waals surface area contributed by atoms with Crippen LogP contribution < -0.4 is 0 Å². The van der Waals surface area contributed by atoms with Crippen LogP contribution in [-0.2, 0) is 6.54 Å². The molecular weight excluding hydrogens is 339 g/mol. The second kappa shape index (κ2) is 4.54. The Morgan fingerprint density at radius 3 is 3.00 bits per heavy atom. The first-order chi connectivity index (χ1) is 7.56. The third-order valence-electron chi connectivity index (χ3n) is 2.08. The van der Waals surface area contributed by atoms with Crippen molar-refractivity contribution in [3.63, 3.8) is 0 Å². The van der Waals surface area contributed by atoms with Gasteiger partial charge in [-0.25, -0.2) is 9.78 Å². The normalized spacial score (nSPS) is 10.6. The molecule has 0 aliphatic carbocycles. The summed E-state index contributed by atoms with van der Waals surface area (Å²) in [6, 6.07) is 1.65. The smallest absolute Gasteiger partial charge is 0.352 e. The number of aromatic carboxylic acids is 1. The number of aromatic nitrogens is 2. The fourth-order valence-corrected chi connectivity index (χ4v) is 2.67. The molecule has 0 unspecified atom stereocenters. The Balaban J connectivity index is 2.30. The number of rotatable bonds is 3. The predicted octanol–water partition coefficient (Wildman–Crippen LogP) is 2.60. The molecule has 1 N–H and O–H groups in total. The summed E-state index contributed by atoms with van der Waals surface area (Å²) < 4.78 is 2.63. The van der Waals surface area contributed by atoms with E-state index < -0.39 is 5.97 Å². The maximum atomic E-state index is 11.0. The van der Waals surface area contributed by atoms with Crippen LogP contribution in [0, 0.1) is 10.5 Å². The van der Waals surface area contributed by atoms with Gasteiger partial charge in [0.05, 0.1) is 17.2 Å². The molecule has 2 aromatic heterocycles. The minimum atomic E-state index is -0.908. The van der Waals surface area contributed by atoms with Crippen LogP contribution >= 0.6 is 33.9 Å². The molecule has 0 aliphatic heterocycles. The predicted molar refractivity (Wildman–Crippen MR) is 70.1 cm³/mol. The number of nitrogens with zero attached hydrogens (tertiary/aromatic N) is 2. The maximum absolute atomic E-state index is 11.0. The molecule has 84 valence electrons. The minimum Gasteiger partial charge on any atom is -0.477 e. The van der Waals surface area contributed by atoms with E-state index in [1.165, 1.54) is 0 Å². The van der Waals surface area contributed by atoms with Crippen LogP contribution in [0.15, 0.2) is 17.6 Å². The summed E-state index contributed by atoms with van der Waals surface area (Å²) >= 11 is 3.68. The molecule has 0 spiro atoms. The highest BCUT2D eigenvalue weighted by Gasteiger charge is 2.12. The third-order valence-corrected chi connectivity index (χ3v) is 3.49. The van der Waals surface area contributed by atoms with Gasteiger partial charge in [-0.1, -0.05) is 0 Å². The second-order valence-electron chi connectivity index (χ2n) is 3.33. The van der Waals surface area contributed by atoms with Crippen molar-refractivity contribution in [2.24, 2.45) is 0 Å². The summed E-state index contributed by atoms with van der Waals surface area (Å²) in [5.41, 5.74) is 1.20. The average Bonchev–Trinajstić information content (AvgIpc) is 2.74. The van der Waals surface area contributed by atoms with E-state index in [4.69, 9.17) is 5.11 Å². The Hall–Kier alpha value is -0.890. The van der Waals surface area contributed by atoms with Gasteiger partial charge in [-0.3, -0.25) is 0 Å². The van der Waals surface area contributed by atoms with Gasteiger partial charge in [0.15, 0.2) is 0 Å². The van der Waals surface area contributed by atoms with Crippen LogP contribution in [-0.4, -0.2) is 20.6 Å². The Bertz CT molecular complexity index is 533. The van der Waals surface area contributed by atoms with Crippen molar-refractivity contribution in [2.75, 3.05) is 0 Å². The molecule has 0 aromatic carbocycles. The van der Waals surface area contributed by atoms with E-state index in [0.29, 0.717) is 12.2 Å². The van der Waals surface area contributed by atoms with Crippen molar-refractivity contribution < 1.29 is 9.90 Å². The summed E-state index contributed by atoms with van der Waals surface area (Å²) in [5.74, 6) is -0.908. The average molecular weight is 348 g/mol. The maximum Gasteiger partial charge on any atom is 0.352 e. The molecule has 0 atom stereocenters. The SMILES string of the molecule is Cc1nc(Cn2cc(I)cc2C(=O)O)cs1. The highest BCUT2D eigenvalue weighted by Crippen LogP contribution is 2.15. The number of carbonyl (C=O) groups is 1. The number of carboxylic acid groups (broad SMARTS) is 1. The Morgan fingerprint density at radius 2 is 2.44 bits per heavy atom. The van der Waals surface area contributed by atoms with Gasteiger partial charge in [-0.2, -0.15) is 0 Å². The van der Waals surface area contributed by atoms with Crippen molar-refractivity contribution in [3.05, 3.63) is 37.6 Å². The van der Waals surface area contributed by atoms with Gasteiger partial charge in [-0.15, -0.1) is 11.3 Å². The van der Waals surface area contributed by atoms with Crippen LogP contribution in [0.3, 0.4) is 0 Å². The van der Waals surface area contributed by atoms with Crippen molar-refractivity contribution in [1.29, 1.82) is 0 Å². The van der Waals surface area contributed by atoms with Crippen molar-refractivity contribution in [2.45, 2.75) is 13.5 Å². The number of aryl methyl sites for hydroxylation is 1. The number of thiazole rings is 1. The molecule has 0 radical (unpaired) electrons. The molecule has 0 saturated heterocycles. The molecule has 2 heterocycles. The molecule has 6 heteroatoms. The van der Waals surface area contributed by atoms with E-state index in [1.54, 1.807) is 22.0 Å². The largest absolute Gasteiger partial charge is 0.477 e. The second-order valence-corrected chi connectivity index (χ2v) is 5.64. The summed E-state index contributed by atoms with van der Waals surface area (Å²) in [6.45, 7) is 2.45. The number of hydrogen-bond donors (Lipinski definition) is 1. The topological polar surface area (TPSA) is 55.1 Å². The van der Waals surface area contributed by atoms with Gasteiger partial charge in [-0.05, 0) is 35.6 Å². The third kappa shape index (κ3) is 2.43.